The van der Waals surface area contributed by atoms with Gasteiger partial charge in [-0.3, -0.25) is 0 Å². The molecule has 2 nitrogen and oxygen atoms in total. The standard InChI is InChI=1S/C16H27BrN2/c1-12(2)18-10-13-7-8-14(9-15(13)17)19(6)11-16(3,4)5/h7-9,12,18H,10-11H2,1-6H3. The molecule has 0 heterocycles. The Morgan fingerprint density at radius 1 is 1.26 bits per heavy atom. The average molecular weight is 327 g/mol. The molecule has 0 saturated heterocycles. The second-order valence-corrected chi connectivity index (χ2v) is 7.58. The summed E-state index contributed by atoms with van der Waals surface area (Å²) in [6.07, 6.45) is 0. The van der Waals surface area contributed by atoms with Gasteiger partial charge in [0.2, 0.25) is 0 Å². The first kappa shape index (κ1) is 16.5. The van der Waals surface area contributed by atoms with Crippen molar-refractivity contribution in [2.75, 3.05) is 18.5 Å². The summed E-state index contributed by atoms with van der Waals surface area (Å²) in [4.78, 5) is 2.31. The summed E-state index contributed by atoms with van der Waals surface area (Å²) in [5, 5.41) is 3.45. The first-order valence-electron chi connectivity index (χ1n) is 6.92. The van der Waals surface area contributed by atoms with E-state index < -0.39 is 0 Å². The molecule has 0 fully saturated rings. The lowest BCUT2D eigenvalue weighted by atomic mass is 9.96. The molecule has 1 rings (SSSR count). The largest absolute Gasteiger partial charge is 0.374 e. The predicted molar refractivity (Wildman–Crippen MR) is 88.8 cm³/mol. The molecule has 0 atom stereocenters. The van der Waals surface area contributed by atoms with Crippen LogP contribution < -0.4 is 10.2 Å². The maximum absolute atomic E-state index is 3.68. The number of hydrogen-bond acceptors (Lipinski definition) is 2. The average Bonchev–Trinajstić information content (AvgIpc) is 2.24. The first-order chi connectivity index (χ1) is 8.69. The molecule has 0 spiro atoms. The van der Waals surface area contributed by atoms with Crippen molar-refractivity contribution in [1.82, 2.24) is 5.32 Å². The van der Waals surface area contributed by atoms with Crippen molar-refractivity contribution in [2.24, 2.45) is 5.41 Å². The number of rotatable bonds is 5. The van der Waals surface area contributed by atoms with E-state index in [9.17, 15) is 0 Å². The van der Waals surface area contributed by atoms with Gasteiger partial charge in [0.1, 0.15) is 0 Å². The van der Waals surface area contributed by atoms with E-state index >= 15 is 0 Å². The number of benzene rings is 1. The Morgan fingerprint density at radius 3 is 2.37 bits per heavy atom. The summed E-state index contributed by atoms with van der Waals surface area (Å²) in [5.41, 5.74) is 2.87. The lowest BCUT2D eigenvalue weighted by molar-refractivity contribution is 0.419. The molecule has 0 unspecified atom stereocenters. The first-order valence-corrected chi connectivity index (χ1v) is 7.71. The Hall–Kier alpha value is -0.540. The van der Waals surface area contributed by atoms with Crippen LogP contribution in [0.25, 0.3) is 0 Å². The van der Waals surface area contributed by atoms with Gasteiger partial charge in [0.15, 0.2) is 0 Å². The van der Waals surface area contributed by atoms with Crippen LogP contribution in [0.5, 0.6) is 0 Å². The van der Waals surface area contributed by atoms with Crippen LogP contribution in [0, 0.1) is 5.41 Å². The van der Waals surface area contributed by atoms with Crippen molar-refractivity contribution in [1.29, 1.82) is 0 Å². The second-order valence-electron chi connectivity index (χ2n) is 6.73. The Bertz CT molecular complexity index is 408. The number of anilines is 1. The van der Waals surface area contributed by atoms with Gasteiger partial charge in [0.25, 0.3) is 0 Å². The van der Waals surface area contributed by atoms with Gasteiger partial charge < -0.3 is 10.2 Å². The fourth-order valence-corrected chi connectivity index (χ4v) is 2.54. The molecule has 0 aromatic heterocycles. The minimum absolute atomic E-state index is 0.305. The summed E-state index contributed by atoms with van der Waals surface area (Å²) in [7, 11) is 2.15. The molecule has 0 saturated carbocycles. The molecule has 0 radical (unpaired) electrons. The quantitative estimate of drug-likeness (QED) is 0.861. The van der Waals surface area contributed by atoms with Crippen LogP contribution in [0.3, 0.4) is 0 Å². The van der Waals surface area contributed by atoms with Gasteiger partial charge in [0, 0.05) is 36.3 Å². The molecule has 0 aliphatic heterocycles. The van der Waals surface area contributed by atoms with E-state index in [1.807, 2.05) is 0 Å². The molecule has 0 aliphatic carbocycles. The van der Waals surface area contributed by atoms with Gasteiger partial charge in [-0.05, 0) is 23.1 Å². The number of nitrogens with zero attached hydrogens (tertiary/aromatic N) is 1. The fourth-order valence-electron chi connectivity index (χ4n) is 2.03. The van der Waals surface area contributed by atoms with Crippen LogP contribution >= 0.6 is 15.9 Å². The fraction of sp³-hybridized carbons (Fsp3) is 0.625. The van der Waals surface area contributed by atoms with Gasteiger partial charge in [-0.25, -0.2) is 0 Å². The second kappa shape index (κ2) is 6.76. The van der Waals surface area contributed by atoms with Crippen LogP contribution in [0.1, 0.15) is 40.2 Å². The lowest BCUT2D eigenvalue weighted by Gasteiger charge is -2.28. The van der Waals surface area contributed by atoms with E-state index in [4.69, 9.17) is 0 Å². The summed E-state index contributed by atoms with van der Waals surface area (Å²) in [5.74, 6) is 0. The van der Waals surface area contributed by atoms with Crippen LogP contribution in [0.2, 0.25) is 0 Å². The summed E-state index contributed by atoms with van der Waals surface area (Å²) in [6, 6.07) is 7.13. The number of hydrogen-bond donors (Lipinski definition) is 1. The van der Waals surface area contributed by atoms with Gasteiger partial charge >= 0.3 is 0 Å². The van der Waals surface area contributed by atoms with Crippen LogP contribution in [-0.4, -0.2) is 19.6 Å². The topological polar surface area (TPSA) is 15.3 Å². The third kappa shape index (κ3) is 5.96. The maximum atomic E-state index is 3.68. The minimum Gasteiger partial charge on any atom is -0.374 e. The third-order valence-corrected chi connectivity index (χ3v) is 3.63. The maximum Gasteiger partial charge on any atom is 0.0375 e. The normalized spacial score (nSPS) is 12.0. The van der Waals surface area contributed by atoms with Gasteiger partial charge in [-0.2, -0.15) is 0 Å². The SMILES string of the molecule is CC(C)NCc1ccc(N(C)CC(C)(C)C)cc1Br. The zero-order chi connectivity index (χ0) is 14.6. The molecule has 0 bridgehead atoms. The van der Waals surface area contributed by atoms with Crippen LogP contribution in [0.4, 0.5) is 5.69 Å². The third-order valence-electron chi connectivity index (χ3n) is 2.89. The van der Waals surface area contributed by atoms with E-state index in [-0.39, 0.29) is 0 Å². The predicted octanol–water partition coefficient (Wildman–Crippen LogP) is 4.43. The Kier molecular flexibility index (Phi) is 5.87. The molecule has 108 valence electrons. The van der Waals surface area contributed by atoms with Gasteiger partial charge in [-0.1, -0.05) is 56.6 Å². The van der Waals surface area contributed by atoms with Crippen LogP contribution in [-0.2, 0) is 6.54 Å². The van der Waals surface area contributed by atoms with Gasteiger partial charge in [-0.15, -0.1) is 0 Å². The Morgan fingerprint density at radius 2 is 1.89 bits per heavy atom. The molecule has 0 amide bonds. The van der Waals surface area contributed by atoms with E-state index in [0.717, 1.165) is 13.1 Å². The Labute approximate surface area is 126 Å². The van der Waals surface area contributed by atoms with Crippen molar-refractivity contribution >= 4 is 21.6 Å². The highest BCUT2D eigenvalue weighted by Crippen LogP contribution is 2.26. The van der Waals surface area contributed by atoms with E-state index in [1.54, 1.807) is 0 Å². The molecule has 1 N–H and O–H groups in total. The molecular formula is C16H27BrN2. The molecule has 3 heteroatoms. The Balaban J connectivity index is 2.76. The highest BCUT2D eigenvalue weighted by molar-refractivity contribution is 9.10. The zero-order valence-electron chi connectivity index (χ0n) is 13.0. The van der Waals surface area contributed by atoms with Crippen molar-refractivity contribution in [3.8, 4) is 0 Å². The smallest absolute Gasteiger partial charge is 0.0375 e. The summed E-state index contributed by atoms with van der Waals surface area (Å²) >= 11 is 3.68. The lowest BCUT2D eigenvalue weighted by Crippen LogP contribution is -2.29. The molecular weight excluding hydrogens is 300 g/mol. The minimum atomic E-state index is 0.305. The van der Waals surface area contributed by atoms with E-state index in [2.05, 4.69) is 86.0 Å². The molecule has 1 aromatic carbocycles. The van der Waals surface area contributed by atoms with Crippen molar-refractivity contribution in [3.63, 3.8) is 0 Å². The van der Waals surface area contributed by atoms with Crippen molar-refractivity contribution < 1.29 is 0 Å². The molecule has 0 aliphatic rings. The van der Waals surface area contributed by atoms with Crippen LogP contribution in [0.15, 0.2) is 22.7 Å². The highest BCUT2D eigenvalue weighted by Gasteiger charge is 2.14. The summed E-state index contributed by atoms with van der Waals surface area (Å²) in [6.45, 7) is 13.1. The van der Waals surface area contributed by atoms with Crippen molar-refractivity contribution in [2.45, 2.75) is 47.2 Å². The van der Waals surface area contributed by atoms with E-state index in [0.29, 0.717) is 11.5 Å². The van der Waals surface area contributed by atoms with E-state index in [1.165, 1.54) is 15.7 Å². The number of nitrogens with one attached hydrogen (secondary N) is 1. The summed E-state index contributed by atoms with van der Waals surface area (Å²) < 4.78 is 1.18. The van der Waals surface area contributed by atoms with Crippen molar-refractivity contribution in [3.05, 3.63) is 28.2 Å². The zero-order valence-corrected chi connectivity index (χ0v) is 14.6. The number of halogens is 1. The highest BCUT2D eigenvalue weighted by atomic mass is 79.9. The molecule has 19 heavy (non-hydrogen) atoms. The monoisotopic (exact) mass is 326 g/mol. The molecule has 1 aromatic rings. The van der Waals surface area contributed by atoms with Gasteiger partial charge in [0.05, 0.1) is 0 Å².